The highest BCUT2D eigenvalue weighted by Gasteiger charge is 2.20. The molecule has 0 saturated heterocycles. The van der Waals surface area contributed by atoms with E-state index in [9.17, 15) is 8.42 Å². The molecule has 2 unspecified atom stereocenters. The standard InChI is InChI=1S/C11H15Br2NO2S/c1-8(7-12)9(2)14-17(15,16)11-5-3-4-10(13)6-11/h3-6,8-9,14H,7H2,1-2H3. The third-order valence-corrected chi connectivity index (χ3v) is 5.62. The lowest BCUT2D eigenvalue weighted by atomic mass is 10.1. The molecular weight excluding hydrogens is 370 g/mol. The average molecular weight is 385 g/mol. The molecule has 0 heterocycles. The third-order valence-electron chi connectivity index (χ3n) is 2.54. The molecule has 0 bridgehead atoms. The Hall–Kier alpha value is 0.0900. The Kier molecular flexibility index (Phi) is 5.63. The fourth-order valence-electron chi connectivity index (χ4n) is 1.20. The largest absolute Gasteiger partial charge is 0.240 e. The first-order valence-electron chi connectivity index (χ1n) is 5.20. The van der Waals surface area contributed by atoms with E-state index in [2.05, 4.69) is 36.6 Å². The SMILES string of the molecule is CC(CBr)C(C)NS(=O)(=O)c1cccc(Br)c1. The smallest absolute Gasteiger partial charge is 0.208 e. The molecule has 6 heteroatoms. The summed E-state index contributed by atoms with van der Waals surface area (Å²) in [7, 11) is -3.44. The van der Waals surface area contributed by atoms with Crippen molar-refractivity contribution in [3.05, 3.63) is 28.7 Å². The molecule has 0 aromatic heterocycles. The van der Waals surface area contributed by atoms with E-state index in [1.807, 2.05) is 13.8 Å². The van der Waals surface area contributed by atoms with Crippen LogP contribution in [0.15, 0.2) is 33.6 Å². The number of hydrogen-bond acceptors (Lipinski definition) is 2. The molecule has 0 aliphatic heterocycles. The molecular formula is C11H15Br2NO2S. The number of benzene rings is 1. The lowest BCUT2D eigenvalue weighted by Gasteiger charge is -2.19. The maximum atomic E-state index is 12.1. The number of hydrogen-bond donors (Lipinski definition) is 1. The lowest BCUT2D eigenvalue weighted by Crippen LogP contribution is -2.37. The van der Waals surface area contributed by atoms with Gasteiger partial charge in [-0.1, -0.05) is 44.8 Å². The van der Waals surface area contributed by atoms with E-state index < -0.39 is 10.0 Å². The highest BCUT2D eigenvalue weighted by atomic mass is 79.9. The Bertz CT molecular complexity index is 476. The zero-order valence-corrected chi connectivity index (χ0v) is 13.6. The van der Waals surface area contributed by atoms with E-state index in [-0.39, 0.29) is 16.9 Å². The highest BCUT2D eigenvalue weighted by molar-refractivity contribution is 9.10. The Labute approximate surface area is 119 Å². The van der Waals surface area contributed by atoms with E-state index in [1.54, 1.807) is 24.3 Å². The van der Waals surface area contributed by atoms with Gasteiger partial charge in [0.2, 0.25) is 10.0 Å². The molecule has 1 aromatic rings. The molecule has 0 fully saturated rings. The predicted octanol–water partition coefficient (Wildman–Crippen LogP) is 3.15. The first-order valence-corrected chi connectivity index (χ1v) is 8.60. The van der Waals surface area contributed by atoms with Gasteiger partial charge in [-0.2, -0.15) is 0 Å². The molecule has 0 amide bonds. The summed E-state index contributed by atoms with van der Waals surface area (Å²) in [6.45, 7) is 3.85. The van der Waals surface area contributed by atoms with E-state index in [4.69, 9.17) is 0 Å². The topological polar surface area (TPSA) is 46.2 Å². The average Bonchev–Trinajstić information content (AvgIpc) is 2.27. The van der Waals surface area contributed by atoms with Crippen LogP contribution in [0.4, 0.5) is 0 Å². The number of alkyl halides is 1. The minimum atomic E-state index is -3.44. The van der Waals surface area contributed by atoms with Gasteiger partial charge in [-0.25, -0.2) is 13.1 Å². The van der Waals surface area contributed by atoms with Crippen molar-refractivity contribution in [3.63, 3.8) is 0 Å². The normalized spacial score (nSPS) is 15.5. The summed E-state index contributed by atoms with van der Waals surface area (Å²) in [6, 6.07) is 6.56. The van der Waals surface area contributed by atoms with Crippen molar-refractivity contribution in [1.29, 1.82) is 0 Å². The second-order valence-corrected chi connectivity index (χ2v) is 7.28. The van der Waals surface area contributed by atoms with Gasteiger partial charge in [0.05, 0.1) is 4.90 Å². The maximum Gasteiger partial charge on any atom is 0.240 e. The van der Waals surface area contributed by atoms with E-state index in [0.29, 0.717) is 0 Å². The fourth-order valence-corrected chi connectivity index (χ4v) is 3.71. The Morgan fingerprint density at radius 3 is 2.53 bits per heavy atom. The van der Waals surface area contributed by atoms with Gasteiger partial charge < -0.3 is 0 Å². The van der Waals surface area contributed by atoms with Crippen molar-refractivity contribution in [1.82, 2.24) is 4.72 Å². The van der Waals surface area contributed by atoms with Crippen LogP contribution in [0.5, 0.6) is 0 Å². The van der Waals surface area contributed by atoms with Crippen LogP contribution in [0.3, 0.4) is 0 Å². The maximum absolute atomic E-state index is 12.1. The Balaban J connectivity index is 2.89. The molecule has 0 spiro atoms. The molecule has 1 N–H and O–H groups in total. The van der Waals surface area contributed by atoms with Gasteiger partial charge >= 0.3 is 0 Å². The van der Waals surface area contributed by atoms with Gasteiger partial charge in [0.15, 0.2) is 0 Å². The molecule has 0 aliphatic carbocycles. The molecule has 2 atom stereocenters. The summed E-state index contributed by atoms with van der Waals surface area (Å²) in [6.07, 6.45) is 0. The number of halogens is 2. The highest BCUT2D eigenvalue weighted by Crippen LogP contribution is 2.17. The van der Waals surface area contributed by atoms with Crippen molar-refractivity contribution in [2.75, 3.05) is 5.33 Å². The van der Waals surface area contributed by atoms with Crippen molar-refractivity contribution < 1.29 is 8.42 Å². The van der Waals surface area contributed by atoms with Crippen molar-refractivity contribution in [3.8, 4) is 0 Å². The summed E-state index contributed by atoms with van der Waals surface area (Å²) < 4.78 is 27.6. The van der Waals surface area contributed by atoms with E-state index in [0.717, 1.165) is 9.80 Å². The fraction of sp³-hybridized carbons (Fsp3) is 0.455. The first kappa shape index (κ1) is 15.1. The lowest BCUT2D eigenvalue weighted by molar-refractivity contribution is 0.484. The van der Waals surface area contributed by atoms with Gasteiger partial charge in [0.25, 0.3) is 0 Å². The number of nitrogens with one attached hydrogen (secondary N) is 1. The zero-order valence-electron chi connectivity index (χ0n) is 9.65. The van der Waals surface area contributed by atoms with Crippen LogP contribution >= 0.6 is 31.9 Å². The quantitative estimate of drug-likeness (QED) is 0.792. The molecule has 96 valence electrons. The molecule has 0 aliphatic rings. The summed E-state index contributed by atoms with van der Waals surface area (Å²) in [5, 5.41) is 0.759. The Morgan fingerprint density at radius 1 is 1.35 bits per heavy atom. The minimum absolute atomic E-state index is 0.113. The minimum Gasteiger partial charge on any atom is -0.208 e. The number of rotatable bonds is 5. The van der Waals surface area contributed by atoms with Crippen LogP contribution in [-0.4, -0.2) is 19.8 Å². The zero-order chi connectivity index (χ0) is 13.1. The van der Waals surface area contributed by atoms with Crippen LogP contribution in [0.1, 0.15) is 13.8 Å². The summed E-state index contributed by atoms with van der Waals surface area (Å²) in [4.78, 5) is 0.278. The van der Waals surface area contributed by atoms with Crippen molar-refractivity contribution in [2.24, 2.45) is 5.92 Å². The van der Waals surface area contributed by atoms with Gasteiger partial charge in [-0.3, -0.25) is 0 Å². The summed E-state index contributed by atoms with van der Waals surface area (Å²) >= 11 is 6.61. The van der Waals surface area contributed by atoms with Crippen LogP contribution in [0, 0.1) is 5.92 Å². The molecule has 1 rings (SSSR count). The van der Waals surface area contributed by atoms with Crippen molar-refractivity contribution in [2.45, 2.75) is 24.8 Å². The molecule has 0 radical (unpaired) electrons. The van der Waals surface area contributed by atoms with Gasteiger partial charge in [-0.05, 0) is 31.0 Å². The summed E-state index contributed by atoms with van der Waals surface area (Å²) in [5.41, 5.74) is 0. The van der Waals surface area contributed by atoms with Crippen LogP contribution in [0.25, 0.3) is 0 Å². The van der Waals surface area contributed by atoms with Crippen LogP contribution < -0.4 is 4.72 Å². The molecule has 1 aromatic carbocycles. The Morgan fingerprint density at radius 2 is 2.00 bits per heavy atom. The van der Waals surface area contributed by atoms with E-state index in [1.165, 1.54) is 0 Å². The van der Waals surface area contributed by atoms with Gasteiger partial charge in [-0.15, -0.1) is 0 Å². The van der Waals surface area contributed by atoms with Crippen LogP contribution in [0.2, 0.25) is 0 Å². The second kappa shape index (κ2) is 6.31. The van der Waals surface area contributed by atoms with Crippen LogP contribution in [-0.2, 0) is 10.0 Å². The second-order valence-electron chi connectivity index (χ2n) is 4.00. The van der Waals surface area contributed by atoms with Gasteiger partial charge in [0, 0.05) is 15.8 Å². The van der Waals surface area contributed by atoms with Crippen molar-refractivity contribution >= 4 is 41.9 Å². The molecule has 17 heavy (non-hydrogen) atoms. The molecule has 0 saturated carbocycles. The number of sulfonamides is 1. The predicted molar refractivity (Wildman–Crippen MR) is 76.9 cm³/mol. The molecule has 3 nitrogen and oxygen atoms in total. The first-order chi connectivity index (χ1) is 7.86. The monoisotopic (exact) mass is 383 g/mol. The van der Waals surface area contributed by atoms with Gasteiger partial charge in [0.1, 0.15) is 0 Å². The van der Waals surface area contributed by atoms with E-state index >= 15 is 0 Å². The third kappa shape index (κ3) is 4.35. The summed E-state index contributed by atoms with van der Waals surface area (Å²) in [5.74, 6) is 0.233.